The van der Waals surface area contributed by atoms with Crippen LogP contribution in [0.25, 0.3) is 0 Å². The summed E-state index contributed by atoms with van der Waals surface area (Å²) in [6.07, 6.45) is 1.38. The van der Waals surface area contributed by atoms with E-state index in [0.29, 0.717) is 19.3 Å². The van der Waals surface area contributed by atoms with Gasteiger partial charge >= 0.3 is 29.6 Å². The number of carbonyl (C=O) groups is 2. The predicted molar refractivity (Wildman–Crippen MR) is 26.2 cm³/mol. The second-order valence-electron chi connectivity index (χ2n) is 2.13. The quantitative estimate of drug-likeness (QED) is 0.324. The van der Waals surface area contributed by atoms with Crippen LogP contribution in [0.15, 0.2) is 0 Å². The molecule has 0 bridgehead atoms. The van der Waals surface area contributed by atoms with E-state index in [1.807, 2.05) is 0 Å². The van der Waals surface area contributed by atoms with Gasteiger partial charge in [0.1, 0.15) is 0 Å². The van der Waals surface area contributed by atoms with Crippen molar-refractivity contribution in [3.63, 3.8) is 0 Å². The molecule has 1 rings (SSSR count). The maximum absolute atomic E-state index is 10.1. The van der Waals surface area contributed by atoms with Gasteiger partial charge in [-0.15, -0.1) is 0 Å². The fourth-order valence-corrected chi connectivity index (χ4v) is 0.645. The monoisotopic (exact) mass is 151 g/mol. The SMILES string of the molecule is O=CNC1(C(=O)[O-])CC1.[Na+]. The Kier molecular flexibility index (Phi) is 3.35. The van der Waals surface area contributed by atoms with Crippen molar-refractivity contribution in [1.29, 1.82) is 0 Å². The van der Waals surface area contributed by atoms with E-state index in [-0.39, 0.29) is 29.6 Å². The number of carbonyl (C=O) groups excluding carboxylic acids is 2. The van der Waals surface area contributed by atoms with Crippen LogP contribution in [0, 0.1) is 0 Å². The summed E-state index contributed by atoms with van der Waals surface area (Å²) < 4.78 is 0. The third-order valence-corrected chi connectivity index (χ3v) is 1.48. The first-order valence-corrected chi connectivity index (χ1v) is 2.64. The number of hydrogen-bond acceptors (Lipinski definition) is 3. The zero-order valence-corrected chi connectivity index (χ0v) is 7.72. The summed E-state index contributed by atoms with van der Waals surface area (Å²) in [6.45, 7) is 0. The molecule has 1 aliphatic rings. The van der Waals surface area contributed by atoms with Crippen LogP contribution in [0.2, 0.25) is 0 Å². The van der Waals surface area contributed by atoms with Gasteiger partial charge in [-0.05, 0) is 12.8 Å². The van der Waals surface area contributed by atoms with Crippen molar-refractivity contribution in [1.82, 2.24) is 5.32 Å². The van der Waals surface area contributed by atoms with Gasteiger partial charge in [-0.25, -0.2) is 0 Å². The van der Waals surface area contributed by atoms with E-state index in [1.165, 1.54) is 0 Å². The molecule has 1 N–H and O–H groups in total. The first kappa shape index (κ1) is 9.94. The summed E-state index contributed by atoms with van der Waals surface area (Å²) in [6, 6.07) is 0. The number of nitrogens with one attached hydrogen (secondary N) is 1. The number of carboxylic acids is 1. The Bertz CT molecular complexity index is 155. The van der Waals surface area contributed by atoms with Crippen molar-refractivity contribution in [3.8, 4) is 0 Å². The van der Waals surface area contributed by atoms with Crippen LogP contribution in [-0.2, 0) is 9.59 Å². The van der Waals surface area contributed by atoms with Crippen LogP contribution in [0.5, 0.6) is 0 Å². The van der Waals surface area contributed by atoms with Gasteiger partial charge in [-0.1, -0.05) is 0 Å². The fraction of sp³-hybridized carbons (Fsp3) is 0.600. The molecule has 0 spiro atoms. The normalized spacial score (nSPS) is 18.4. The van der Waals surface area contributed by atoms with E-state index in [1.54, 1.807) is 0 Å². The number of rotatable bonds is 3. The molecule has 0 heterocycles. The Balaban J connectivity index is 0.000000810. The van der Waals surface area contributed by atoms with E-state index >= 15 is 0 Å². The van der Waals surface area contributed by atoms with Crippen molar-refractivity contribution in [2.45, 2.75) is 18.4 Å². The summed E-state index contributed by atoms with van der Waals surface area (Å²) in [5, 5.41) is 12.3. The Hall–Kier alpha value is -0.0600. The summed E-state index contributed by atoms with van der Waals surface area (Å²) in [7, 11) is 0. The molecule has 0 saturated heterocycles. The summed E-state index contributed by atoms with van der Waals surface area (Å²) in [4.78, 5) is 19.9. The molecule has 1 saturated carbocycles. The summed E-state index contributed by atoms with van der Waals surface area (Å²) >= 11 is 0. The van der Waals surface area contributed by atoms with Crippen molar-refractivity contribution in [2.75, 3.05) is 0 Å². The molecule has 0 aliphatic heterocycles. The van der Waals surface area contributed by atoms with Gasteiger partial charge in [0, 0.05) is 0 Å². The van der Waals surface area contributed by atoms with Gasteiger partial charge in [0.2, 0.25) is 6.41 Å². The topological polar surface area (TPSA) is 69.2 Å². The van der Waals surface area contributed by atoms with Crippen molar-refractivity contribution < 1.29 is 44.3 Å². The van der Waals surface area contributed by atoms with Crippen LogP contribution in [-0.4, -0.2) is 17.9 Å². The van der Waals surface area contributed by atoms with Crippen molar-refractivity contribution in [3.05, 3.63) is 0 Å². The first-order valence-electron chi connectivity index (χ1n) is 2.64. The molecule has 0 atom stereocenters. The average molecular weight is 151 g/mol. The van der Waals surface area contributed by atoms with Crippen molar-refractivity contribution in [2.24, 2.45) is 0 Å². The number of amides is 1. The summed E-state index contributed by atoms with van der Waals surface area (Å²) in [5.74, 6) is -1.19. The van der Waals surface area contributed by atoms with E-state index in [4.69, 9.17) is 0 Å². The van der Waals surface area contributed by atoms with Gasteiger partial charge in [0.25, 0.3) is 0 Å². The molecule has 0 aromatic heterocycles. The van der Waals surface area contributed by atoms with Crippen LogP contribution in [0.1, 0.15) is 12.8 Å². The van der Waals surface area contributed by atoms with E-state index in [0.717, 1.165) is 0 Å². The molecule has 10 heavy (non-hydrogen) atoms. The number of carboxylic acid groups (broad SMARTS) is 1. The standard InChI is InChI=1S/C5H7NO3.Na/c7-3-6-5(1-2-5)4(8)9;/h3H,1-2H2,(H,6,7)(H,8,9);/q;+1/p-1. The molecule has 1 aliphatic carbocycles. The minimum Gasteiger partial charge on any atom is -0.548 e. The van der Waals surface area contributed by atoms with Crippen LogP contribution in [0.3, 0.4) is 0 Å². The van der Waals surface area contributed by atoms with Crippen LogP contribution >= 0.6 is 0 Å². The predicted octanol–water partition coefficient (Wildman–Crippen LogP) is -4.98. The number of hydrogen-bond donors (Lipinski definition) is 1. The molecule has 0 unspecified atom stereocenters. The molecule has 50 valence electrons. The van der Waals surface area contributed by atoms with Gasteiger partial charge in [0.05, 0.1) is 11.5 Å². The fourth-order valence-electron chi connectivity index (χ4n) is 0.645. The van der Waals surface area contributed by atoms with Gasteiger partial charge in [0.15, 0.2) is 0 Å². The molecule has 0 radical (unpaired) electrons. The second kappa shape index (κ2) is 3.37. The molecule has 1 amide bonds. The van der Waals surface area contributed by atoms with Crippen LogP contribution < -0.4 is 40.0 Å². The molecule has 0 aromatic carbocycles. The van der Waals surface area contributed by atoms with E-state index in [2.05, 4.69) is 5.32 Å². The van der Waals surface area contributed by atoms with Gasteiger partial charge in [-0.2, -0.15) is 0 Å². The van der Waals surface area contributed by atoms with Gasteiger partial charge < -0.3 is 15.2 Å². The largest absolute Gasteiger partial charge is 1.00 e. The van der Waals surface area contributed by atoms with Crippen molar-refractivity contribution >= 4 is 12.4 Å². The molecule has 1 fully saturated rings. The molecule has 5 heteroatoms. The number of aliphatic carboxylic acids is 1. The van der Waals surface area contributed by atoms with E-state index < -0.39 is 11.5 Å². The Morgan fingerprint density at radius 3 is 2.20 bits per heavy atom. The van der Waals surface area contributed by atoms with Crippen LogP contribution in [0.4, 0.5) is 0 Å². The summed E-state index contributed by atoms with van der Waals surface area (Å²) in [5.41, 5.74) is -1.01. The molecular weight excluding hydrogens is 145 g/mol. The maximum Gasteiger partial charge on any atom is 1.00 e. The first-order chi connectivity index (χ1) is 4.21. The minimum atomic E-state index is -1.19. The Morgan fingerprint density at radius 1 is 1.60 bits per heavy atom. The zero-order chi connectivity index (χ0) is 6.91. The minimum absolute atomic E-state index is 0. The average Bonchev–Trinajstić information content (AvgIpc) is 2.49. The second-order valence-corrected chi connectivity index (χ2v) is 2.13. The smallest absolute Gasteiger partial charge is 0.548 e. The molecule has 4 nitrogen and oxygen atoms in total. The Labute approximate surface area is 80.3 Å². The zero-order valence-electron chi connectivity index (χ0n) is 5.72. The molecule has 0 aromatic rings. The Morgan fingerprint density at radius 2 is 2.10 bits per heavy atom. The third-order valence-electron chi connectivity index (χ3n) is 1.48. The third kappa shape index (κ3) is 1.71. The molecular formula is C5H6NNaO3. The van der Waals surface area contributed by atoms with E-state index in [9.17, 15) is 14.7 Å². The van der Waals surface area contributed by atoms with Gasteiger partial charge in [-0.3, -0.25) is 4.79 Å². The maximum atomic E-state index is 10.1.